The van der Waals surface area contributed by atoms with Crippen molar-refractivity contribution in [3.63, 3.8) is 0 Å². The molecule has 0 aliphatic rings. The van der Waals surface area contributed by atoms with E-state index in [0.717, 1.165) is 5.39 Å². The number of pyridine rings is 1. The summed E-state index contributed by atoms with van der Waals surface area (Å²) in [6.07, 6.45) is 0. The van der Waals surface area contributed by atoms with Gasteiger partial charge in [0.05, 0.1) is 0 Å². The van der Waals surface area contributed by atoms with Crippen molar-refractivity contribution in [3.8, 4) is 0 Å². The average Bonchev–Trinajstić information content (AvgIpc) is 2.26. The molecule has 0 saturated heterocycles. The number of hydrogen-bond acceptors (Lipinski definition) is 2. The molecular formula is C14H16N2O2. The molecule has 1 heterocycles. The van der Waals surface area contributed by atoms with Gasteiger partial charge in [-0.15, -0.1) is 0 Å². The minimum absolute atomic E-state index is 0.243. The van der Waals surface area contributed by atoms with Gasteiger partial charge in [-0.3, -0.25) is 9.59 Å². The summed E-state index contributed by atoms with van der Waals surface area (Å²) < 4.78 is 0. The molecule has 0 saturated carbocycles. The molecule has 0 spiro atoms. The van der Waals surface area contributed by atoms with Crippen LogP contribution in [0.2, 0.25) is 0 Å². The van der Waals surface area contributed by atoms with Crippen molar-refractivity contribution in [1.82, 2.24) is 10.3 Å². The van der Waals surface area contributed by atoms with Gasteiger partial charge >= 0.3 is 0 Å². The van der Waals surface area contributed by atoms with E-state index in [1.54, 1.807) is 18.2 Å². The molecule has 0 bridgehead atoms. The highest BCUT2D eigenvalue weighted by molar-refractivity contribution is 5.96. The average molecular weight is 244 g/mol. The Bertz CT molecular complexity index is 651. The van der Waals surface area contributed by atoms with Crippen LogP contribution in [0.15, 0.2) is 35.1 Å². The van der Waals surface area contributed by atoms with Gasteiger partial charge in [-0.2, -0.15) is 0 Å². The standard InChI is InChI=1S/C14H16N2O2/c1-14(2,3)16-13(18)11-8-9-6-4-5-7-10(9)12(17)15-11/h4-8H,1-3H3,(H,15,17)(H,16,18). The fraction of sp³-hybridized carbons (Fsp3) is 0.286. The highest BCUT2D eigenvalue weighted by Crippen LogP contribution is 2.10. The summed E-state index contributed by atoms with van der Waals surface area (Å²) in [6, 6.07) is 8.88. The quantitative estimate of drug-likeness (QED) is 0.806. The van der Waals surface area contributed by atoms with Crippen molar-refractivity contribution in [3.05, 3.63) is 46.4 Å². The highest BCUT2D eigenvalue weighted by Gasteiger charge is 2.16. The van der Waals surface area contributed by atoms with E-state index < -0.39 is 0 Å². The molecule has 4 heteroatoms. The first kappa shape index (κ1) is 12.4. The third-order valence-corrected chi connectivity index (χ3v) is 2.49. The van der Waals surface area contributed by atoms with Gasteiger partial charge in [0, 0.05) is 10.9 Å². The second-order valence-corrected chi connectivity index (χ2v) is 5.30. The molecule has 0 atom stereocenters. The number of H-pyrrole nitrogens is 1. The fourth-order valence-electron chi connectivity index (χ4n) is 1.74. The SMILES string of the molecule is CC(C)(C)NC(=O)c1cc2ccccc2c(=O)[nH]1. The second kappa shape index (κ2) is 4.29. The largest absolute Gasteiger partial charge is 0.346 e. The highest BCUT2D eigenvalue weighted by atomic mass is 16.2. The number of rotatable bonds is 1. The molecule has 2 N–H and O–H groups in total. The first-order valence-corrected chi connectivity index (χ1v) is 5.81. The van der Waals surface area contributed by atoms with Crippen molar-refractivity contribution in [2.45, 2.75) is 26.3 Å². The van der Waals surface area contributed by atoms with Crippen molar-refractivity contribution in [2.75, 3.05) is 0 Å². The third-order valence-electron chi connectivity index (χ3n) is 2.49. The number of amides is 1. The van der Waals surface area contributed by atoms with Crippen molar-refractivity contribution >= 4 is 16.7 Å². The molecule has 1 aromatic carbocycles. The minimum atomic E-state index is -0.334. The summed E-state index contributed by atoms with van der Waals surface area (Å²) in [5.41, 5.74) is -0.291. The molecule has 0 aliphatic carbocycles. The monoisotopic (exact) mass is 244 g/mol. The number of hydrogen-bond donors (Lipinski definition) is 2. The maximum absolute atomic E-state index is 12.0. The molecule has 4 nitrogen and oxygen atoms in total. The Morgan fingerprint density at radius 3 is 2.56 bits per heavy atom. The molecule has 18 heavy (non-hydrogen) atoms. The van der Waals surface area contributed by atoms with E-state index in [0.29, 0.717) is 5.39 Å². The van der Waals surface area contributed by atoms with Crippen LogP contribution < -0.4 is 10.9 Å². The Labute approximate surface area is 105 Å². The first-order chi connectivity index (χ1) is 8.37. The summed E-state index contributed by atoms with van der Waals surface area (Å²) >= 11 is 0. The van der Waals surface area contributed by atoms with Crippen LogP contribution in [0, 0.1) is 0 Å². The summed E-state index contributed by atoms with van der Waals surface area (Å²) in [5.74, 6) is -0.273. The number of fused-ring (bicyclic) bond motifs is 1. The predicted octanol–water partition coefficient (Wildman–Crippen LogP) is 2.06. The van der Waals surface area contributed by atoms with Gasteiger partial charge in [0.1, 0.15) is 5.69 Å². The Kier molecular flexibility index (Phi) is 2.95. The lowest BCUT2D eigenvalue weighted by Crippen LogP contribution is -2.41. The molecular weight excluding hydrogens is 228 g/mol. The zero-order valence-corrected chi connectivity index (χ0v) is 10.7. The van der Waals surface area contributed by atoms with Crippen LogP contribution in [0.3, 0.4) is 0 Å². The van der Waals surface area contributed by atoms with E-state index in [1.165, 1.54) is 0 Å². The van der Waals surface area contributed by atoms with Gasteiger partial charge in [-0.1, -0.05) is 18.2 Å². The second-order valence-electron chi connectivity index (χ2n) is 5.30. The van der Waals surface area contributed by atoms with Gasteiger partial charge in [-0.05, 0) is 38.3 Å². The van der Waals surface area contributed by atoms with Crippen LogP contribution in [-0.4, -0.2) is 16.4 Å². The maximum atomic E-state index is 12.0. The van der Waals surface area contributed by atoms with E-state index in [1.807, 2.05) is 32.9 Å². The molecule has 0 radical (unpaired) electrons. The maximum Gasteiger partial charge on any atom is 0.268 e. The number of carbonyl (C=O) groups is 1. The van der Waals surface area contributed by atoms with Crippen molar-refractivity contribution in [1.29, 1.82) is 0 Å². The van der Waals surface area contributed by atoms with Crippen LogP contribution in [0.5, 0.6) is 0 Å². The minimum Gasteiger partial charge on any atom is -0.346 e. The molecule has 2 aromatic rings. The summed E-state index contributed by atoms with van der Waals surface area (Å²) in [5, 5.41) is 4.17. The number of aromatic nitrogens is 1. The van der Waals surface area contributed by atoms with Gasteiger partial charge in [0.25, 0.3) is 11.5 Å². The van der Waals surface area contributed by atoms with Crippen molar-refractivity contribution in [2.24, 2.45) is 0 Å². The normalized spacial score (nSPS) is 11.5. The Morgan fingerprint density at radius 2 is 1.89 bits per heavy atom. The van der Waals surface area contributed by atoms with Crippen LogP contribution >= 0.6 is 0 Å². The first-order valence-electron chi connectivity index (χ1n) is 5.81. The zero-order valence-electron chi connectivity index (χ0n) is 10.7. The zero-order chi connectivity index (χ0) is 13.3. The van der Waals surface area contributed by atoms with Crippen LogP contribution in [0.25, 0.3) is 10.8 Å². The molecule has 94 valence electrons. The molecule has 0 aliphatic heterocycles. The number of aromatic amines is 1. The predicted molar refractivity (Wildman–Crippen MR) is 71.8 cm³/mol. The van der Waals surface area contributed by atoms with E-state index in [4.69, 9.17) is 0 Å². The van der Waals surface area contributed by atoms with Gasteiger partial charge in [-0.25, -0.2) is 0 Å². The molecule has 1 amide bonds. The van der Waals surface area contributed by atoms with Crippen LogP contribution in [0.4, 0.5) is 0 Å². The summed E-state index contributed by atoms with van der Waals surface area (Å²) in [6.45, 7) is 5.68. The molecule has 0 unspecified atom stereocenters. The fourth-order valence-corrected chi connectivity index (χ4v) is 1.74. The molecule has 1 aromatic heterocycles. The van der Waals surface area contributed by atoms with Crippen LogP contribution in [0.1, 0.15) is 31.3 Å². The van der Waals surface area contributed by atoms with E-state index in [9.17, 15) is 9.59 Å². The molecule has 0 fully saturated rings. The van der Waals surface area contributed by atoms with Crippen molar-refractivity contribution < 1.29 is 4.79 Å². The number of nitrogens with one attached hydrogen (secondary N) is 2. The topological polar surface area (TPSA) is 62.0 Å². The summed E-state index contributed by atoms with van der Waals surface area (Å²) in [4.78, 5) is 26.4. The van der Waals surface area contributed by atoms with E-state index >= 15 is 0 Å². The van der Waals surface area contributed by atoms with E-state index in [-0.39, 0.29) is 22.7 Å². The smallest absolute Gasteiger partial charge is 0.268 e. The Morgan fingerprint density at radius 1 is 1.22 bits per heavy atom. The van der Waals surface area contributed by atoms with Gasteiger partial charge < -0.3 is 10.3 Å². The van der Waals surface area contributed by atoms with E-state index in [2.05, 4.69) is 10.3 Å². The Balaban J connectivity index is 2.47. The number of benzene rings is 1. The van der Waals surface area contributed by atoms with Crippen LogP contribution in [-0.2, 0) is 0 Å². The van der Waals surface area contributed by atoms with Gasteiger partial charge in [0.2, 0.25) is 0 Å². The lowest BCUT2D eigenvalue weighted by Gasteiger charge is -2.20. The lowest BCUT2D eigenvalue weighted by molar-refractivity contribution is 0.0914. The Hall–Kier alpha value is -2.10. The molecule has 2 rings (SSSR count). The van der Waals surface area contributed by atoms with Gasteiger partial charge in [0.15, 0.2) is 0 Å². The lowest BCUT2D eigenvalue weighted by atomic mass is 10.1. The third kappa shape index (κ3) is 2.59. The summed E-state index contributed by atoms with van der Waals surface area (Å²) in [7, 11) is 0. The number of carbonyl (C=O) groups excluding carboxylic acids is 1.